The second kappa shape index (κ2) is 8.00. The number of hydrogen-bond donors (Lipinski definition) is 2. The minimum absolute atomic E-state index is 0.0810. The highest BCUT2D eigenvalue weighted by Gasteiger charge is 2.44. The maximum Gasteiger partial charge on any atom is 0.326 e. The summed E-state index contributed by atoms with van der Waals surface area (Å²) in [6.07, 6.45) is 0.961. The van der Waals surface area contributed by atoms with Gasteiger partial charge >= 0.3 is 5.97 Å². The predicted molar refractivity (Wildman–Crippen MR) is 113 cm³/mol. The third-order valence-corrected chi connectivity index (χ3v) is 6.35. The molecule has 1 heterocycles. The summed E-state index contributed by atoms with van der Waals surface area (Å²) in [7, 11) is 0. The van der Waals surface area contributed by atoms with Crippen LogP contribution in [-0.2, 0) is 15.5 Å². The molecule has 2 amide bonds. The number of alkyl halides is 2. The molecule has 0 aromatic heterocycles. The summed E-state index contributed by atoms with van der Waals surface area (Å²) < 4.78 is 29.4. The molecule has 1 fully saturated rings. The van der Waals surface area contributed by atoms with Gasteiger partial charge in [0.05, 0.1) is 6.54 Å². The van der Waals surface area contributed by atoms with Crippen molar-refractivity contribution < 1.29 is 28.3 Å². The van der Waals surface area contributed by atoms with E-state index in [1.807, 2.05) is 13.8 Å². The third-order valence-electron chi connectivity index (χ3n) is 6.35. The summed E-state index contributed by atoms with van der Waals surface area (Å²) in [5.41, 5.74) is 0.554. The number of fused-ring (bicyclic) bond motifs is 3. The van der Waals surface area contributed by atoms with E-state index >= 15 is 0 Å². The molecule has 2 unspecified atom stereocenters. The molecule has 0 spiro atoms. The lowest BCUT2D eigenvalue weighted by Gasteiger charge is -2.30. The van der Waals surface area contributed by atoms with Crippen molar-refractivity contribution in [2.24, 2.45) is 5.92 Å². The van der Waals surface area contributed by atoms with Crippen LogP contribution in [0.25, 0.3) is 11.1 Å². The molecule has 168 valence electrons. The first-order valence-electron chi connectivity index (χ1n) is 10.6. The summed E-state index contributed by atoms with van der Waals surface area (Å²) >= 11 is 0. The van der Waals surface area contributed by atoms with Crippen molar-refractivity contribution in [3.63, 3.8) is 0 Å². The van der Waals surface area contributed by atoms with Gasteiger partial charge in [0, 0.05) is 22.7 Å². The number of benzene rings is 2. The Labute approximate surface area is 184 Å². The Morgan fingerprint density at radius 3 is 2.47 bits per heavy atom. The molecule has 2 N–H and O–H groups in total. The van der Waals surface area contributed by atoms with E-state index in [4.69, 9.17) is 0 Å². The quantitative estimate of drug-likeness (QED) is 0.740. The number of amides is 2. The second-order valence-electron chi connectivity index (χ2n) is 8.61. The summed E-state index contributed by atoms with van der Waals surface area (Å²) in [5, 5.41) is 12.0. The molecule has 2 aromatic rings. The van der Waals surface area contributed by atoms with Crippen molar-refractivity contribution in [2.45, 2.75) is 44.7 Å². The Morgan fingerprint density at radius 1 is 1.09 bits per heavy atom. The topological polar surface area (TPSA) is 86.7 Å². The molecule has 0 saturated carbocycles. The van der Waals surface area contributed by atoms with Gasteiger partial charge in [0.25, 0.3) is 11.8 Å². The average molecular weight is 442 g/mol. The van der Waals surface area contributed by atoms with Crippen LogP contribution in [0.1, 0.15) is 48.2 Å². The van der Waals surface area contributed by atoms with E-state index in [0.29, 0.717) is 18.4 Å². The highest BCUT2D eigenvalue weighted by atomic mass is 19.3. The van der Waals surface area contributed by atoms with Gasteiger partial charge in [0.2, 0.25) is 5.91 Å². The minimum atomic E-state index is -3.13. The fourth-order valence-electron chi connectivity index (χ4n) is 4.76. The normalized spacial score (nSPS) is 20.7. The van der Waals surface area contributed by atoms with Crippen LogP contribution in [0.4, 0.5) is 8.78 Å². The molecule has 2 aromatic carbocycles. The lowest BCUT2D eigenvalue weighted by atomic mass is 10.0. The van der Waals surface area contributed by atoms with Gasteiger partial charge in [0.15, 0.2) is 0 Å². The molecule has 32 heavy (non-hydrogen) atoms. The second-order valence-corrected chi connectivity index (χ2v) is 8.61. The number of nitrogens with zero attached hydrogens (tertiary/aromatic N) is 1. The molecule has 0 bridgehead atoms. The van der Waals surface area contributed by atoms with Crippen LogP contribution in [0, 0.1) is 5.92 Å². The first-order valence-corrected chi connectivity index (χ1v) is 10.6. The molecule has 8 heteroatoms. The predicted octanol–water partition coefficient (Wildman–Crippen LogP) is 3.64. The van der Waals surface area contributed by atoms with E-state index in [1.165, 1.54) is 29.2 Å². The summed E-state index contributed by atoms with van der Waals surface area (Å²) in [6, 6.07) is 9.00. The lowest BCUT2D eigenvalue weighted by Crippen LogP contribution is -2.50. The fourth-order valence-corrected chi connectivity index (χ4v) is 4.76. The minimum Gasteiger partial charge on any atom is -0.480 e. The van der Waals surface area contributed by atoms with E-state index < -0.39 is 29.7 Å². The fraction of sp³-hybridized carbons (Fsp3) is 0.375. The van der Waals surface area contributed by atoms with E-state index in [2.05, 4.69) is 5.32 Å². The summed E-state index contributed by atoms with van der Waals surface area (Å²) in [4.78, 5) is 38.4. The van der Waals surface area contributed by atoms with Crippen LogP contribution in [0.3, 0.4) is 0 Å². The van der Waals surface area contributed by atoms with Crippen LogP contribution in [0.5, 0.6) is 0 Å². The first kappa shape index (κ1) is 21.9. The average Bonchev–Trinajstić information content (AvgIpc) is 3.31. The number of rotatable bonds is 5. The van der Waals surface area contributed by atoms with Crippen molar-refractivity contribution in [3.8, 4) is 11.1 Å². The number of carboxylic acid groups (broad SMARTS) is 1. The van der Waals surface area contributed by atoms with E-state index in [1.54, 1.807) is 18.2 Å². The van der Waals surface area contributed by atoms with Crippen molar-refractivity contribution in [3.05, 3.63) is 59.2 Å². The molecule has 4 rings (SSSR count). The van der Waals surface area contributed by atoms with Gasteiger partial charge in [-0.1, -0.05) is 44.2 Å². The van der Waals surface area contributed by atoms with Crippen LogP contribution >= 0.6 is 0 Å². The number of carboxylic acids is 1. The number of aliphatic carboxylic acids is 1. The zero-order valence-electron chi connectivity index (χ0n) is 17.8. The monoisotopic (exact) mass is 442 g/mol. The SMILES string of the molecule is CC(C)C1CCC(C(=O)O)N1C(=O)CNC(=O)c1ccc2c(c1)-c1ccccc1C2(F)F. The third kappa shape index (κ3) is 3.53. The van der Waals surface area contributed by atoms with Crippen LogP contribution in [0.15, 0.2) is 42.5 Å². The van der Waals surface area contributed by atoms with Crippen LogP contribution in [0.2, 0.25) is 0 Å². The van der Waals surface area contributed by atoms with Gasteiger partial charge < -0.3 is 15.3 Å². The van der Waals surface area contributed by atoms with E-state index in [9.17, 15) is 28.3 Å². The molecule has 1 aliphatic heterocycles. The molecule has 2 atom stereocenters. The zero-order chi connectivity index (χ0) is 23.2. The standard InChI is InChI=1S/C24H24F2N2O4/c1-13(2)19-9-10-20(23(31)32)28(19)21(29)12-27-22(30)14-7-8-18-16(11-14)15-5-3-4-6-17(15)24(18,25)26/h3-8,11,13,19-20H,9-10,12H2,1-2H3,(H,27,30)(H,31,32). The Morgan fingerprint density at radius 2 is 1.78 bits per heavy atom. The lowest BCUT2D eigenvalue weighted by molar-refractivity contribution is -0.149. The van der Waals surface area contributed by atoms with Gasteiger partial charge in [-0.3, -0.25) is 9.59 Å². The molecule has 1 saturated heterocycles. The number of likely N-dealkylation sites (tertiary alicyclic amines) is 1. The molecule has 1 aliphatic carbocycles. The Balaban J connectivity index is 1.51. The van der Waals surface area contributed by atoms with Gasteiger partial charge in [0.1, 0.15) is 6.04 Å². The zero-order valence-corrected chi connectivity index (χ0v) is 17.8. The molecule has 6 nitrogen and oxygen atoms in total. The van der Waals surface area contributed by atoms with Gasteiger partial charge in [-0.2, -0.15) is 8.78 Å². The van der Waals surface area contributed by atoms with Crippen LogP contribution < -0.4 is 5.32 Å². The molecular formula is C24H24F2N2O4. The van der Waals surface area contributed by atoms with E-state index in [0.717, 1.165) is 0 Å². The van der Waals surface area contributed by atoms with Crippen molar-refractivity contribution in [1.29, 1.82) is 0 Å². The number of halogens is 2. The number of nitrogens with one attached hydrogen (secondary N) is 1. The Kier molecular flexibility index (Phi) is 5.48. The molecule has 0 radical (unpaired) electrons. The highest BCUT2D eigenvalue weighted by molar-refractivity contribution is 5.99. The maximum absolute atomic E-state index is 14.7. The Hall–Kier alpha value is -3.29. The maximum atomic E-state index is 14.7. The summed E-state index contributed by atoms with van der Waals surface area (Å²) in [5.74, 6) is -5.17. The van der Waals surface area contributed by atoms with Crippen LogP contribution in [-0.4, -0.2) is 46.4 Å². The summed E-state index contributed by atoms with van der Waals surface area (Å²) in [6.45, 7) is 3.48. The number of carbonyl (C=O) groups is 3. The highest BCUT2D eigenvalue weighted by Crippen LogP contribution is 2.50. The number of carbonyl (C=O) groups excluding carboxylic acids is 2. The number of hydrogen-bond acceptors (Lipinski definition) is 3. The molecule has 2 aliphatic rings. The smallest absolute Gasteiger partial charge is 0.326 e. The van der Waals surface area contributed by atoms with Gasteiger partial charge in [-0.25, -0.2) is 4.79 Å². The van der Waals surface area contributed by atoms with Crippen molar-refractivity contribution in [1.82, 2.24) is 10.2 Å². The van der Waals surface area contributed by atoms with E-state index in [-0.39, 0.29) is 40.8 Å². The Bertz CT molecular complexity index is 1100. The first-order chi connectivity index (χ1) is 15.1. The molecular weight excluding hydrogens is 418 g/mol. The van der Waals surface area contributed by atoms with Gasteiger partial charge in [-0.05, 0) is 42.0 Å². The van der Waals surface area contributed by atoms with Crippen molar-refractivity contribution in [2.75, 3.05) is 6.54 Å². The largest absolute Gasteiger partial charge is 0.480 e. The van der Waals surface area contributed by atoms with Gasteiger partial charge in [-0.15, -0.1) is 0 Å². The van der Waals surface area contributed by atoms with Crippen molar-refractivity contribution >= 4 is 17.8 Å².